The first kappa shape index (κ1) is 34.0. The molecule has 0 aliphatic carbocycles. The minimum atomic E-state index is -4.46. The van der Waals surface area contributed by atoms with Crippen molar-refractivity contribution in [3.63, 3.8) is 0 Å². The summed E-state index contributed by atoms with van der Waals surface area (Å²) in [4.78, 5) is 17.8. The molecule has 3 rings (SSSR count). The standard InChI is InChI=1S/C29H38F3N5O5S/c1-5-6-9-23(24(38)18-34-43(41,42)26-10-7-8-16-33-26)37(27(39)40)25(28(2,3)4)19-36-17-15-22(35-36)20-11-13-21(14-12-20)29(30,31)32/h7-8,10-17,23-25,34,38H,5-6,9,18-19H2,1-4H3,(H,39,40)/t23-,24-,25?/m0/s1. The van der Waals surface area contributed by atoms with Gasteiger partial charge in [-0.2, -0.15) is 18.3 Å². The van der Waals surface area contributed by atoms with Crippen LogP contribution in [0.2, 0.25) is 0 Å². The Kier molecular flexibility index (Phi) is 11.0. The highest BCUT2D eigenvalue weighted by Crippen LogP contribution is 2.32. The van der Waals surface area contributed by atoms with Crippen molar-refractivity contribution in [3.05, 3.63) is 66.5 Å². The van der Waals surface area contributed by atoms with Gasteiger partial charge in [0.05, 0.1) is 36.0 Å². The van der Waals surface area contributed by atoms with Crippen LogP contribution in [-0.4, -0.2) is 69.1 Å². The molecule has 14 heteroatoms. The third-order valence-electron chi connectivity index (χ3n) is 7.12. The lowest BCUT2D eigenvalue weighted by Gasteiger charge is -2.44. The molecule has 3 aromatic rings. The number of carboxylic acid groups (broad SMARTS) is 1. The molecule has 10 nitrogen and oxygen atoms in total. The predicted octanol–water partition coefficient (Wildman–Crippen LogP) is 5.26. The molecule has 43 heavy (non-hydrogen) atoms. The molecule has 1 unspecified atom stereocenters. The number of benzene rings is 1. The molecular formula is C29H38F3N5O5S. The summed E-state index contributed by atoms with van der Waals surface area (Å²) in [7, 11) is -4.05. The molecule has 0 radical (unpaired) electrons. The highest BCUT2D eigenvalue weighted by molar-refractivity contribution is 7.89. The molecule has 0 saturated carbocycles. The lowest BCUT2D eigenvalue weighted by Crippen LogP contribution is -2.58. The zero-order valence-corrected chi connectivity index (χ0v) is 25.3. The highest BCUT2D eigenvalue weighted by atomic mass is 32.2. The first-order valence-electron chi connectivity index (χ1n) is 13.9. The molecule has 236 valence electrons. The van der Waals surface area contributed by atoms with Gasteiger partial charge in [0.1, 0.15) is 0 Å². The maximum Gasteiger partial charge on any atom is 0.416 e. The molecular weight excluding hydrogens is 587 g/mol. The fraction of sp³-hybridized carbons (Fsp3) is 0.483. The summed E-state index contributed by atoms with van der Waals surface area (Å²) < 4.78 is 68.2. The third-order valence-corrected chi connectivity index (χ3v) is 8.45. The first-order valence-corrected chi connectivity index (χ1v) is 15.3. The summed E-state index contributed by atoms with van der Waals surface area (Å²) >= 11 is 0. The van der Waals surface area contributed by atoms with Gasteiger partial charge in [-0.3, -0.25) is 9.58 Å². The van der Waals surface area contributed by atoms with E-state index in [1.165, 1.54) is 40.0 Å². The Hall–Kier alpha value is -3.49. The van der Waals surface area contributed by atoms with E-state index in [2.05, 4.69) is 14.8 Å². The van der Waals surface area contributed by atoms with E-state index in [1.54, 1.807) is 18.3 Å². The number of pyridine rings is 1. The van der Waals surface area contributed by atoms with Crippen LogP contribution in [-0.2, 0) is 22.7 Å². The van der Waals surface area contributed by atoms with E-state index in [0.29, 0.717) is 24.1 Å². The third kappa shape index (κ3) is 9.00. The minimum absolute atomic E-state index is 0.0748. The Morgan fingerprint density at radius 3 is 2.30 bits per heavy atom. The van der Waals surface area contributed by atoms with Gasteiger partial charge in [-0.05, 0) is 42.2 Å². The molecule has 0 aliphatic heterocycles. The summed E-state index contributed by atoms with van der Waals surface area (Å²) in [5, 5.41) is 25.9. The van der Waals surface area contributed by atoms with E-state index in [1.807, 2.05) is 27.7 Å². The quantitative estimate of drug-likeness (QED) is 0.236. The van der Waals surface area contributed by atoms with Crippen LogP contribution < -0.4 is 4.72 Å². The summed E-state index contributed by atoms with van der Waals surface area (Å²) in [6.07, 6.45) is -2.62. The lowest BCUT2D eigenvalue weighted by atomic mass is 9.84. The Bertz CT molecular complexity index is 1440. The topological polar surface area (TPSA) is 138 Å². The van der Waals surface area contributed by atoms with Gasteiger partial charge in [0.25, 0.3) is 10.0 Å². The molecule has 0 fully saturated rings. The van der Waals surface area contributed by atoms with Gasteiger partial charge in [-0.25, -0.2) is 22.9 Å². The Labute approximate surface area is 249 Å². The number of aliphatic hydroxyl groups excluding tert-OH is 1. The number of amides is 1. The second kappa shape index (κ2) is 13.9. The second-order valence-corrected chi connectivity index (χ2v) is 13.1. The van der Waals surface area contributed by atoms with Crippen molar-refractivity contribution in [1.82, 2.24) is 24.4 Å². The van der Waals surface area contributed by atoms with Gasteiger partial charge in [0.2, 0.25) is 0 Å². The Morgan fingerprint density at radius 2 is 1.77 bits per heavy atom. The summed E-state index contributed by atoms with van der Waals surface area (Å²) in [6.45, 7) is 7.11. The van der Waals surface area contributed by atoms with Crippen molar-refractivity contribution in [2.24, 2.45) is 5.41 Å². The Morgan fingerprint density at radius 1 is 1.09 bits per heavy atom. The number of halogens is 3. The number of sulfonamides is 1. The average molecular weight is 626 g/mol. The van der Waals surface area contributed by atoms with Crippen molar-refractivity contribution >= 4 is 16.1 Å². The molecule has 1 aromatic carbocycles. The summed E-state index contributed by atoms with van der Waals surface area (Å²) in [5.74, 6) is 0. The average Bonchev–Trinajstić information content (AvgIpc) is 3.41. The van der Waals surface area contributed by atoms with Crippen LogP contribution in [0, 0.1) is 5.41 Å². The van der Waals surface area contributed by atoms with Gasteiger partial charge < -0.3 is 10.2 Å². The number of carbonyl (C=O) groups is 1. The van der Waals surface area contributed by atoms with Gasteiger partial charge in [-0.15, -0.1) is 0 Å². The smallest absolute Gasteiger partial charge is 0.416 e. The molecule has 0 saturated heterocycles. The van der Waals surface area contributed by atoms with Crippen LogP contribution in [0.1, 0.15) is 52.5 Å². The number of nitrogens with one attached hydrogen (secondary N) is 1. The van der Waals surface area contributed by atoms with Crippen LogP contribution in [0.15, 0.2) is 66.0 Å². The van der Waals surface area contributed by atoms with Gasteiger partial charge >= 0.3 is 12.3 Å². The van der Waals surface area contributed by atoms with E-state index in [4.69, 9.17) is 0 Å². The number of hydrogen-bond acceptors (Lipinski definition) is 6. The van der Waals surface area contributed by atoms with Crippen molar-refractivity contribution in [3.8, 4) is 11.3 Å². The summed E-state index contributed by atoms with van der Waals surface area (Å²) in [6, 6.07) is 8.92. The molecule has 3 N–H and O–H groups in total. The van der Waals surface area contributed by atoms with E-state index >= 15 is 0 Å². The molecule has 0 bridgehead atoms. The molecule has 0 spiro atoms. The lowest BCUT2D eigenvalue weighted by molar-refractivity contribution is -0.137. The van der Waals surface area contributed by atoms with Crippen LogP contribution >= 0.6 is 0 Å². The number of unbranched alkanes of at least 4 members (excludes halogenated alkanes) is 1. The van der Waals surface area contributed by atoms with Gasteiger partial charge in [-0.1, -0.05) is 58.7 Å². The minimum Gasteiger partial charge on any atom is -0.465 e. The zero-order chi connectivity index (χ0) is 32.0. The van der Waals surface area contributed by atoms with E-state index in [9.17, 15) is 36.6 Å². The van der Waals surface area contributed by atoms with Crippen LogP contribution in [0.3, 0.4) is 0 Å². The number of nitrogens with zero attached hydrogens (tertiary/aromatic N) is 4. The monoisotopic (exact) mass is 625 g/mol. The van der Waals surface area contributed by atoms with Gasteiger partial charge in [0, 0.05) is 24.5 Å². The van der Waals surface area contributed by atoms with E-state index in [-0.39, 0.29) is 18.0 Å². The van der Waals surface area contributed by atoms with Crippen molar-refractivity contribution in [2.75, 3.05) is 6.54 Å². The predicted molar refractivity (Wildman–Crippen MR) is 155 cm³/mol. The molecule has 0 aliphatic rings. The number of alkyl halides is 3. The fourth-order valence-electron chi connectivity index (χ4n) is 4.75. The molecule has 2 heterocycles. The largest absolute Gasteiger partial charge is 0.465 e. The van der Waals surface area contributed by atoms with E-state index < -0.39 is 58.0 Å². The zero-order valence-electron chi connectivity index (χ0n) is 24.5. The maximum absolute atomic E-state index is 13.0. The van der Waals surface area contributed by atoms with Crippen molar-refractivity contribution < 1.29 is 36.6 Å². The van der Waals surface area contributed by atoms with Crippen LogP contribution in [0.5, 0.6) is 0 Å². The van der Waals surface area contributed by atoms with Crippen LogP contribution in [0.4, 0.5) is 18.0 Å². The summed E-state index contributed by atoms with van der Waals surface area (Å²) in [5.41, 5.74) is -0.559. The van der Waals surface area contributed by atoms with E-state index in [0.717, 1.165) is 12.1 Å². The number of aliphatic hydroxyl groups is 1. The van der Waals surface area contributed by atoms with Crippen molar-refractivity contribution in [1.29, 1.82) is 0 Å². The normalized spacial score (nSPS) is 14.7. The Balaban J connectivity index is 1.88. The maximum atomic E-state index is 13.0. The molecule has 2 aromatic heterocycles. The first-order chi connectivity index (χ1) is 20.0. The second-order valence-electron chi connectivity index (χ2n) is 11.4. The van der Waals surface area contributed by atoms with Crippen LogP contribution in [0.25, 0.3) is 11.3 Å². The number of aromatic nitrogens is 3. The fourth-order valence-corrected chi connectivity index (χ4v) is 5.75. The molecule has 1 amide bonds. The van der Waals surface area contributed by atoms with Crippen molar-refractivity contribution in [2.45, 2.75) is 82.9 Å². The molecule has 3 atom stereocenters. The SMILES string of the molecule is CCCC[C@@H]([C@@H](O)CNS(=O)(=O)c1ccccn1)N(C(=O)O)C(Cn1ccc(-c2ccc(C(F)(F)F)cc2)n1)C(C)(C)C. The number of hydrogen-bond donors (Lipinski definition) is 3. The highest BCUT2D eigenvalue weighted by Gasteiger charge is 2.41. The van der Waals surface area contributed by atoms with Gasteiger partial charge in [0.15, 0.2) is 5.03 Å². The number of rotatable bonds is 13.